The second-order valence-corrected chi connectivity index (χ2v) is 5.71. The van der Waals surface area contributed by atoms with Gasteiger partial charge < -0.3 is 4.74 Å². The van der Waals surface area contributed by atoms with Gasteiger partial charge in [0.15, 0.2) is 5.82 Å². The normalized spacial score (nSPS) is 11.7. The van der Waals surface area contributed by atoms with Crippen LogP contribution >= 0.6 is 0 Å². The summed E-state index contributed by atoms with van der Waals surface area (Å²) in [5, 5.41) is 8.74. The first kappa shape index (κ1) is 17.0. The number of aromatic nitrogens is 2. The minimum absolute atomic E-state index is 0.0221. The summed E-state index contributed by atoms with van der Waals surface area (Å²) in [6.45, 7) is 4.63. The second-order valence-electron chi connectivity index (χ2n) is 5.71. The van der Waals surface area contributed by atoms with Gasteiger partial charge in [0.1, 0.15) is 5.75 Å². The van der Waals surface area contributed by atoms with Gasteiger partial charge in [-0.25, -0.2) is 9.97 Å². The van der Waals surface area contributed by atoms with Crippen LogP contribution in [0, 0.1) is 17.2 Å². The molecule has 0 radical (unpaired) electrons. The lowest BCUT2D eigenvalue weighted by atomic mass is 10.1. The summed E-state index contributed by atoms with van der Waals surface area (Å²) in [6.07, 6.45) is 7.93. The van der Waals surface area contributed by atoms with Crippen molar-refractivity contribution >= 4 is 0 Å². The van der Waals surface area contributed by atoms with Crippen molar-refractivity contribution in [3.8, 4) is 23.2 Å². The van der Waals surface area contributed by atoms with Gasteiger partial charge in [0, 0.05) is 23.9 Å². The van der Waals surface area contributed by atoms with E-state index < -0.39 is 0 Å². The fraction of sp³-hybridized carbons (Fsp3) is 0.421. The maximum absolute atomic E-state index is 8.74. The molecule has 120 valence electrons. The molecule has 1 heterocycles. The Morgan fingerprint density at radius 1 is 1.17 bits per heavy atom. The summed E-state index contributed by atoms with van der Waals surface area (Å²) in [5.74, 6) is 1.56. The Labute approximate surface area is 138 Å². The molecule has 0 spiro atoms. The van der Waals surface area contributed by atoms with Gasteiger partial charge in [0.25, 0.3) is 0 Å². The molecule has 0 N–H and O–H groups in total. The minimum Gasteiger partial charge on any atom is -0.494 e. The van der Waals surface area contributed by atoms with Gasteiger partial charge in [-0.05, 0) is 56.0 Å². The average Bonchev–Trinajstić information content (AvgIpc) is 2.61. The van der Waals surface area contributed by atoms with Crippen LogP contribution in [0.2, 0.25) is 0 Å². The number of unbranched alkanes of at least 4 members (excludes halogenated alkanes) is 1. The number of nitrogens with zero attached hydrogens (tertiary/aromatic N) is 3. The van der Waals surface area contributed by atoms with Gasteiger partial charge in [-0.15, -0.1) is 0 Å². The number of hydrogen-bond donors (Lipinski definition) is 0. The predicted octanol–water partition coefficient (Wildman–Crippen LogP) is 4.41. The van der Waals surface area contributed by atoms with Gasteiger partial charge in [-0.1, -0.05) is 13.3 Å². The first-order valence-corrected chi connectivity index (χ1v) is 8.16. The van der Waals surface area contributed by atoms with Crippen LogP contribution in [0.15, 0.2) is 36.7 Å². The van der Waals surface area contributed by atoms with Crippen molar-refractivity contribution < 1.29 is 4.74 Å². The number of rotatable bonds is 8. The fourth-order valence-electron chi connectivity index (χ4n) is 2.13. The van der Waals surface area contributed by atoms with E-state index >= 15 is 0 Å². The maximum atomic E-state index is 8.74. The van der Waals surface area contributed by atoms with Crippen LogP contribution in [-0.4, -0.2) is 16.6 Å². The zero-order valence-electron chi connectivity index (χ0n) is 13.8. The molecule has 0 bridgehead atoms. The Bertz CT molecular complexity index is 629. The smallest absolute Gasteiger partial charge is 0.159 e. The Balaban J connectivity index is 1.92. The molecule has 0 aliphatic heterocycles. The Hall–Kier alpha value is -2.41. The highest BCUT2D eigenvalue weighted by Gasteiger charge is 2.04. The standard InChI is InChI=1S/C19H23N3O/c1-3-4-5-16-13-21-19(22-14-16)17-6-8-18(9-7-17)23-11-10-15(2)12-20/h6-9,13-15H,3-5,10-11H2,1-2H3. The highest BCUT2D eigenvalue weighted by atomic mass is 16.5. The van der Waals surface area contributed by atoms with E-state index in [2.05, 4.69) is 23.0 Å². The summed E-state index contributed by atoms with van der Waals surface area (Å²) in [4.78, 5) is 8.88. The van der Waals surface area contributed by atoms with Crippen LogP contribution in [0.3, 0.4) is 0 Å². The van der Waals surface area contributed by atoms with Crippen molar-refractivity contribution in [2.45, 2.75) is 39.5 Å². The van der Waals surface area contributed by atoms with Crippen LogP contribution in [0.25, 0.3) is 11.4 Å². The molecule has 0 fully saturated rings. The zero-order chi connectivity index (χ0) is 16.5. The highest BCUT2D eigenvalue weighted by molar-refractivity contribution is 5.55. The SMILES string of the molecule is CCCCc1cnc(-c2ccc(OCCC(C)C#N)cc2)nc1. The molecule has 0 aliphatic rings. The molecular formula is C19H23N3O. The molecule has 2 rings (SSSR count). The van der Waals surface area contributed by atoms with Crippen LogP contribution in [-0.2, 0) is 6.42 Å². The summed E-state index contributed by atoms with van der Waals surface area (Å²) in [7, 11) is 0. The first-order valence-electron chi connectivity index (χ1n) is 8.16. The summed E-state index contributed by atoms with van der Waals surface area (Å²) in [6, 6.07) is 9.96. The van der Waals surface area contributed by atoms with E-state index in [-0.39, 0.29) is 5.92 Å². The van der Waals surface area contributed by atoms with E-state index in [0.717, 1.165) is 30.0 Å². The molecule has 1 aromatic carbocycles. The molecule has 1 aromatic heterocycles. The largest absolute Gasteiger partial charge is 0.494 e. The van der Waals surface area contributed by atoms with Crippen molar-refractivity contribution in [2.75, 3.05) is 6.61 Å². The van der Waals surface area contributed by atoms with Gasteiger partial charge >= 0.3 is 0 Å². The van der Waals surface area contributed by atoms with Crippen LogP contribution < -0.4 is 4.74 Å². The van der Waals surface area contributed by atoms with Gasteiger partial charge in [-0.3, -0.25) is 0 Å². The molecule has 0 saturated carbocycles. The van der Waals surface area contributed by atoms with Crippen molar-refractivity contribution in [3.63, 3.8) is 0 Å². The van der Waals surface area contributed by atoms with Crippen LogP contribution in [0.4, 0.5) is 0 Å². The van der Waals surface area contributed by atoms with E-state index in [0.29, 0.717) is 6.61 Å². The molecule has 4 nitrogen and oxygen atoms in total. The molecule has 0 amide bonds. The van der Waals surface area contributed by atoms with E-state index in [1.54, 1.807) is 0 Å². The fourth-order valence-corrected chi connectivity index (χ4v) is 2.13. The summed E-state index contributed by atoms with van der Waals surface area (Å²) in [5.41, 5.74) is 2.16. The molecular weight excluding hydrogens is 286 g/mol. The second kappa shape index (κ2) is 8.89. The van der Waals surface area contributed by atoms with E-state index in [1.165, 1.54) is 18.4 Å². The van der Waals surface area contributed by atoms with Gasteiger partial charge in [0.2, 0.25) is 0 Å². The molecule has 0 saturated heterocycles. The minimum atomic E-state index is 0.0221. The lowest BCUT2D eigenvalue weighted by molar-refractivity contribution is 0.297. The van der Waals surface area contributed by atoms with Crippen molar-refractivity contribution in [1.29, 1.82) is 5.26 Å². The molecule has 2 aromatic rings. The van der Waals surface area contributed by atoms with Gasteiger partial charge in [-0.2, -0.15) is 5.26 Å². The van der Waals surface area contributed by atoms with E-state index in [9.17, 15) is 0 Å². The first-order chi connectivity index (χ1) is 11.2. The highest BCUT2D eigenvalue weighted by Crippen LogP contribution is 2.20. The topological polar surface area (TPSA) is 58.8 Å². The van der Waals surface area contributed by atoms with Crippen molar-refractivity contribution in [2.24, 2.45) is 5.92 Å². The Morgan fingerprint density at radius 2 is 1.87 bits per heavy atom. The van der Waals surface area contributed by atoms with Crippen LogP contribution in [0.1, 0.15) is 38.7 Å². The van der Waals surface area contributed by atoms with Crippen molar-refractivity contribution in [3.05, 3.63) is 42.2 Å². The molecule has 23 heavy (non-hydrogen) atoms. The number of nitriles is 1. The third-order valence-electron chi connectivity index (χ3n) is 3.68. The molecule has 1 unspecified atom stereocenters. The number of hydrogen-bond acceptors (Lipinski definition) is 4. The number of benzene rings is 1. The lowest BCUT2D eigenvalue weighted by Gasteiger charge is -2.08. The van der Waals surface area contributed by atoms with E-state index in [1.807, 2.05) is 43.6 Å². The van der Waals surface area contributed by atoms with Gasteiger partial charge in [0.05, 0.1) is 12.7 Å². The molecule has 0 aliphatic carbocycles. The lowest BCUT2D eigenvalue weighted by Crippen LogP contribution is -2.02. The summed E-state index contributed by atoms with van der Waals surface area (Å²) >= 11 is 0. The Morgan fingerprint density at radius 3 is 2.48 bits per heavy atom. The average molecular weight is 309 g/mol. The molecule has 4 heteroatoms. The molecule has 1 atom stereocenters. The third-order valence-corrected chi connectivity index (χ3v) is 3.68. The van der Waals surface area contributed by atoms with Crippen LogP contribution in [0.5, 0.6) is 5.75 Å². The Kier molecular flexibility index (Phi) is 6.56. The third kappa shape index (κ3) is 5.37. The summed E-state index contributed by atoms with van der Waals surface area (Å²) < 4.78 is 5.64. The van der Waals surface area contributed by atoms with Crippen molar-refractivity contribution in [1.82, 2.24) is 9.97 Å². The number of ether oxygens (including phenoxy) is 1. The van der Waals surface area contributed by atoms with E-state index in [4.69, 9.17) is 10.00 Å². The monoisotopic (exact) mass is 309 g/mol. The maximum Gasteiger partial charge on any atom is 0.159 e. The number of aryl methyl sites for hydroxylation is 1. The quantitative estimate of drug-likeness (QED) is 0.724. The predicted molar refractivity (Wildman–Crippen MR) is 91.0 cm³/mol. The zero-order valence-corrected chi connectivity index (χ0v) is 13.8.